The van der Waals surface area contributed by atoms with Gasteiger partial charge in [0.05, 0.1) is 23.3 Å². The second kappa shape index (κ2) is 8.25. The van der Waals surface area contributed by atoms with Crippen LogP contribution in [-0.2, 0) is 5.75 Å². The summed E-state index contributed by atoms with van der Waals surface area (Å²) >= 11 is 1.65. The summed E-state index contributed by atoms with van der Waals surface area (Å²) in [6.45, 7) is 0.831. The van der Waals surface area contributed by atoms with Crippen molar-refractivity contribution in [3.63, 3.8) is 0 Å². The van der Waals surface area contributed by atoms with Gasteiger partial charge < -0.3 is 19.8 Å². The molecule has 0 unspecified atom stereocenters. The second-order valence-corrected chi connectivity index (χ2v) is 8.59. The van der Waals surface area contributed by atoms with E-state index in [2.05, 4.69) is 37.4 Å². The Morgan fingerprint density at radius 3 is 2.76 bits per heavy atom. The molecular formula is C24H20N6O2S. The molecule has 0 saturated heterocycles. The lowest BCUT2D eigenvalue weighted by molar-refractivity contribution is 0.216. The highest BCUT2D eigenvalue weighted by atomic mass is 32.2. The maximum Gasteiger partial charge on any atom is 0.225 e. The third kappa shape index (κ3) is 3.80. The van der Waals surface area contributed by atoms with E-state index >= 15 is 0 Å². The smallest absolute Gasteiger partial charge is 0.225 e. The molecule has 0 amide bonds. The number of fused-ring (bicyclic) bond motifs is 5. The van der Waals surface area contributed by atoms with Crippen molar-refractivity contribution in [1.29, 1.82) is 0 Å². The van der Waals surface area contributed by atoms with Gasteiger partial charge in [-0.25, -0.2) is 4.98 Å². The number of thioether (sulfide) groups is 1. The molecule has 6 rings (SSSR count). The van der Waals surface area contributed by atoms with E-state index in [1.165, 1.54) is 0 Å². The number of ether oxygens (including phenoxy) is 2. The number of benzene rings is 1. The van der Waals surface area contributed by atoms with E-state index in [9.17, 15) is 0 Å². The highest BCUT2D eigenvalue weighted by Gasteiger charge is 2.16. The molecule has 1 aromatic carbocycles. The van der Waals surface area contributed by atoms with E-state index in [1.54, 1.807) is 24.2 Å². The predicted molar refractivity (Wildman–Crippen MR) is 129 cm³/mol. The van der Waals surface area contributed by atoms with Gasteiger partial charge in [0, 0.05) is 36.1 Å². The Kier molecular flexibility index (Phi) is 4.95. The van der Waals surface area contributed by atoms with Crippen LogP contribution in [0.1, 0.15) is 5.56 Å². The average Bonchev–Trinajstić information content (AvgIpc) is 3.28. The van der Waals surface area contributed by atoms with Crippen molar-refractivity contribution in [2.75, 3.05) is 25.6 Å². The Balaban J connectivity index is 1.54. The zero-order valence-corrected chi connectivity index (χ0v) is 18.6. The maximum atomic E-state index is 5.88. The van der Waals surface area contributed by atoms with Crippen LogP contribution in [0.2, 0.25) is 0 Å². The zero-order chi connectivity index (χ0) is 22.2. The van der Waals surface area contributed by atoms with Crippen LogP contribution in [0.15, 0.2) is 60.1 Å². The minimum atomic E-state index is 0.415. The van der Waals surface area contributed by atoms with Crippen LogP contribution in [0, 0.1) is 0 Å². The Morgan fingerprint density at radius 2 is 1.88 bits per heavy atom. The first-order valence-corrected chi connectivity index (χ1v) is 11.5. The lowest BCUT2D eigenvalue weighted by Gasteiger charge is -2.09. The number of hydrogen-bond acceptors (Lipinski definition) is 8. The number of hydrogen-bond donors (Lipinski definition) is 2. The van der Waals surface area contributed by atoms with Crippen LogP contribution >= 0.6 is 11.8 Å². The third-order valence-electron chi connectivity index (χ3n) is 5.46. The highest BCUT2D eigenvalue weighted by molar-refractivity contribution is 7.98. The standard InChI is InChI=1S/C24H20N6O2S/c1-25-24-29-22-21-19(12-28-22)15-2-3-20-16(7-15)8-18(11-27-20)32-5-4-31-17-6-14(9-26-10-17)13-33-23(21)30-24/h2-3,6-12H,4-5,13H2,1H3,(H2,25,28,29,30). The molecule has 0 radical (unpaired) electrons. The molecule has 5 aromatic rings. The van der Waals surface area contributed by atoms with E-state index < -0.39 is 0 Å². The molecule has 5 bridgehead atoms. The largest absolute Gasteiger partial charge is 0.488 e. The predicted octanol–water partition coefficient (Wildman–Crippen LogP) is 4.67. The summed E-state index contributed by atoms with van der Waals surface area (Å²) in [7, 11) is 1.82. The first-order chi connectivity index (χ1) is 16.3. The molecule has 1 aliphatic heterocycles. The molecule has 2 N–H and O–H groups in total. The second-order valence-electron chi connectivity index (χ2n) is 7.62. The van der Waals surface area contributed by atoms with Crippen LogP contribution in [0.4, 0.5) is 5.95 Å². The Labute approximate surface area is 193 Å². The van der Waals surface area contributed by atoms with E-state index in [-0.39, 0.29) is 0 Å². The molecule has 164 valence electrons. The molecule has 0 aliphatic carbocycles. The van der Waals surface area contributed by atoms with Gasteiger partial charge in [-0.3, -0.25) is 9.97 Å². The van der Waals surface area contributed by atoms with E-state index in [4.69, 9.17) is 14.5 Å². The Morgan fingerprint density at radius 1 is 1.00 bits per heavy atom. The van der Waals surface area contributed by atoms with E-state index in [0.717, 1.165) is 43.7 Å². The lowest BCUT2D eigenvalue weighted by atomic mass is 10.0. The molecule has 0 atom stereocenters. The van der Waals surface area contributed by atoms with Gasteiger partial charge in [-0.2, -0.15) is 4.98 Å². The van der Waals surface area contributed by atoms with Gasteiger partial charge in [-0.1, -0.05) is 6.07 Å². The summed E-state index contributed by atoms with van der Waals surface area (Å²) in [6.07, 6.45) is 7.30. The molecule has 8 nitrogen and oxygen atoms in total. The molecule has 4 aromatic heterocycles. The summed E-state index contributed by atoms with van der Waals surface area (Å²) in [6, 6.07) is 10.2. The molecule has 5 heterocycles. The van der Waals surface area contributed by atoms with Crippen LogP contribution in [-0.4, -0.2) is 45.2 Å². The fourth-order valence-corrected chi connectivity index (χ4v) is 4.86. The number of anilines is 1. The van der Waals surface area contributed by atoms with Gasteiger partial charge in [0.25, 0.3) is 0 Å². The number of aromatic amines is 1. The van der Waals surface area contributed by atoms with Crippen LogP contribution in [0.25, 0.3) is 33.1 Å². The zero-order valence-electron chi connectivity index (χ0n) is 17.8. The van der Waals surface area contributed by atoms with Crippen LogP contribution in [0.5, 0.6) is 11.5 Å². The number of rotatable bonds is 1. The minimum Gasteiger partial charge on any atom is -0.488 e. The van der Waals surface area contributed by atoms with Gasteiger partial charge in [-0.05, 0) is 35.4 Å². The number of nitrogens with zero attached hydrogens (tertiary/aromatic N) is 4. The monoisotopic (exact) mass is 456 g/mol. The minimum absolute atomic E-state index is 0.415. The number of H-pyrrole nitrogens is 1. The van der Waals surface area contributed by atoms with Crippen molar-refractivity contribution in [3.05, 3.63) is 60.7 Å². The fourth-order valence-electron chi connectivity index (χ4n) is 3.89. The summed E-state index contributed by atoms with van der Waals surface area (Å²) in [5, 5.41) is 5.95. The van der Waals surface area contributed by atoms with E-state index in [1.807, 2.05) is 37.6 Å². The topological polar surface area (TPSA) is 97.8 Å². The third-order valence-corrected chi connectivity index (χ3v) is 6.50. The quantitative estimate of drug-likeness (QED) is 0.351. The molecule has 9 heteroatoms. The molecule has 1 aliphatic rings. The van der Waals surface area contributed by atoms with Gasteiger partial charge in [-0.15, -0.1) is 11.8 Å². The Bertz CT molecular complexity index is 1490. The first-order valence-electron chi connectivity index (χ1n) is 10.6. The summed E-state index contributed by atoms with van der Waals surface area (Å²) < 4.78 is 11.7. The molecule has 0 saturated carbocycles. The van der Waals surface area contributed by atoms with Crippen molar-refractivity contribution >= 4 is 39.6 Å². The summed E-state index contributed by atoms with van der Waals surface area (Å²) in [5.74, 6) is 2.69. The van der Waals surface area contributed by atoms with Gasteiger partial charge in [0.15, 0.2) is 0 Å². The van der Waals surface area contributed by atoms with Gasteiger partial charge >= 0.3 is 0 Å². The van der Waals surface area contributed by atoms with Crippen molar-refractivity contribution in [2.24, 2.45) is 0 Å². The molecule has 33 heavy (non-hydrogen) atoms. The van der Waals surface area contributed by atoms with Crippen molar-refractivity contribution in [1.82, 2.24) is 24.9 Å². The maximum absolute atomic E-state index is 5.88. The average molecular weight is 457 g/mol. The van der Waals surface area contributed by atoms with Gasteiger partial charge in [0.1, 0.15) is 35.4 Å². The van der Waals surface area contributed by atoms with E-state index in [0.29, 0.717) is 36.4 Å². The van der Waals surface area contributed by atoms with Crippen molar-refractivity contribution in [2.45, 2.75) is 10.8 Å². The number of aromatic nitrogens is 5. The highest BCUT2D eigenvalue weighted by Crippen LogP contribution is 2.37. The normalized spacial score (nSPS) is 13.6. The van der Waals surface area contributed by atoms with Crippen LogP contribution in [0.3, 0.4) is 0 Å². The number of nitrogens with one attached hydrogen (secondary N) is 2. The molecule has 0 fully saturated rings. The SMILES string of the molecule is CNc1nc2c3c(c[nH]c3n1)-c1ccc3ncc(cc3c1)OCCOc1cncc(c1)CS2. The van der Waals surface area contributed by atoms with Crippen LogP contribution < -0.4 is 14.8 Å². The summed E-state index contributed by atoms with van der Waals surface area (Å²) in [4.78, 5) is 21.6. The number of pyridine rings is 2. The van der Waals surface area contributed by atoms with Gasteiger partial charge in [0.2, 0.25) is 5.95 Å². The molecular weight excluding hydrogens is 436 g/mol. The molecule has 0 spiro atoms. The van der Waals surface area contributed by atoms with Crippen molar-refractivity contribution in [3.8, 4) is 22.6 Å². The first kappa shape index (κ1) is 19.8. The summed E-state index contributed by atoms with van der Waals surface area (Å²) in [5.41, 5.74) is 4.85. The Hall–Kier alpha value is -3.85. The van der Waals surface area contributed by atoms with Crippen molar-refractivity contribution < 1.29 is 9.47 Å². The fraction of sp³-hybridized carbons (Fsp3) is 0.167. The lowest BCUT2D eigenvalue weighted by Crippen LogP contribution is -2.09.